The number of hydrogen-bond donors (Lipinski definition) is 3. The molecule has 0 aliphatic rings. The molecule has 0 spiro atoms. The Kier molecular flexibility index (Phi) is 60.3. The van der Waals surface area contributed by atoms with E-state index in [0.29, 0.717) is 25.8 Å². The van der Waals surface area contributed by atoms with Crippen molar-refractivity contribution in [3.63, 3.8) is 0 Å². The normalized spacial score (nSPS) is 11.7. The second-order valence-electron chi connectivity index (χ2n) is 22.8. The highest BCUT2D eigenvalue weighted by Crippen LogP contribution is 2.18. The van der Waals surface area contributed by atoms with Gasteiger partial charge in [0.15, 0.2) is 0 Å². The van der Waals surface area contributed by atoms with Crippen LogP contribution < -0.4 is 16.0 Å². The molecule has 0 aromatic heterocycles. The van der Waals surface area contributed by atoms with Crippen LogP contribution in [0, 0.1) is 5.92 Å². The standard InChI is InChI=1S/C66H127N3O8/c1-4-7-10-13-16-19-22-25-28-31-34-37-40-43-46-49-62(70)67-54-57-75-60-61(66(74)77-59-56-69-64(72)51-48-45-42-39-36-33-30-27-24-21-18-15-12-9-6-3)52-53-65(73)76-58-55-68-63(71)50-47-44-41-38-35-32-29-26-23-20-17-14-11-8-5-2/h61H,4-60H2,1-3H3,(H,67,70)(H,68,71)(H,69,72). The molecule has 3 N–H and O–H groups in total. The molecular formula is C66H127N3O8. The maximum absolute atomic E-state index is 13.2. The first-order valence-electron chi connectivity index (χ1n) is 33.5. The van der Waals surface area contributed by atoms with E-state index in [0.717, 1.165) is 51.4 Å². The fourth-order valence-electron chi connectivity index (χ4n) is 10.2. The van der Waals surface area contributed by atoms with Crippen LogP contribution in [0.15, 0.2) is 0 Å². The van der Waals surface area contributed by atoms with Gasteiger partial charge in [-0.1, -0.05) is 290 Å². The summed E-state index contributed by atoms with van der Waals surface area (Å²) < 4.78 is 16.8. The molecule has 454 valence electrons. The van der Waals surface area contributed by atoms with Crippen LogP contribution in [0.25, 0.3) is 0 Å². The van der Waals surface area contributed by atoms with Gasteiger partial charge in [-0.15, -0.1) is 0 Å². The Labute approximate surface area is 475 Å². The fourth-order valence-corrected chi connectivity index (χ4v) is 10.2. The second-order valence-corrected chi connectivity index (χ2v) is 22.8. The van der Waals surface area contributed by atoms with E-state index in [2.05, 4.69) is 36.7 Å². The van der Waals surface area contributed by atoms with Crippen LogP contribution in [-0.4, -0.2) is 75.7 Å². The van der Waals surface area contributed by atoms with Gasteiger partial charge in [-0.2, -0.15) is 0 Å². The smallest absolute Gasteiger partial charge is 0.311 e. The lowest BCUT2D eigenvalue weighted by molar-refractivity contribution is -0.152. The van der Waals surface area contributed by atoms with Gasteiger partial charge in [0.1, 0.15) is 13.2 Å². The zero-order valence-electron chi connectivity index (χ0n) is 51.1. The predicted octanol–water partition coefficient (Wildman–Crippen LogP) is 17.6. The van der Waals surface area contributed by atoms with E-state index in [1.54, 1.807) is 0 Å². The van der Waals surface area contributed by atoms with Crippen molar-refractivity contribution in [2.24, 2.45) is 5.92 Å². The van der Waals surface area contributed by atoms with Crippen molar-refractivity contribution in [3.05, 3.63) is 0 Å². The van der Waals surface area contributed by atoms with Gasteiger partial charge in [0.2, 0.25) is 17.7 Å². The van der Waals surface area contributed by atoms with Crippen molar-refractivity contribution in [3.8, 4) is 0 Å². The van der Waals surface area contributed by atoms with Crippen LogP contribution >= 0.6 is 0 Å². The van der Waals surface area contributed by atoms with Gasteiger partial charge < -0.3 is 30.2 Å². The third kappa shape index (κ3) is 59.3. The summed E-state index contributed by atoms with van der Waals surface area (Å²) in [5, 5.41) is 8.65. The SMILES string of the molecule is CCCCCCCCCCCCCCCCCC(=O)NCCOCC(CCC(=O)OCCNC(=O)CCCCCCCCCCCCCCCCC)C(=O)OCCNC(=O)CCCCCCCCCCCCCCCCC. The number of carbonyl (C=O) groups is 5. The first-order chi connectivity index (χ1) is 37.8. The third-order valence-corrected chi connectivity index (χ3v) is 15.3. The predicted molar refractivity (Wildman–Crippen MR) is 323 cm³/mol. The number of hydrogen-bond acceptors (Lipinski definition) is 8. The molecule has 0 radical (unpaired) electrons. The third-order valence-electron chi connectivity index (χ3n) is 15.3. The van der Waals surface area contributed by atoms with Gasteiger partial charge in [0, 0.05) is 32.2 Å². The molecule has 0 aromatic carbocycles. The minimum absolute atomic E-state index is 0.00449. The zero-order chi connectivity index (χ0) is 56.0. The summed E-state index contributed by atoms with van der Waals surface area (Å²) in [5.41, 5.74) is 0. The van der Waals surface area contributed by atoms with Gasteiger partial charge in [-0.25, -0.2) is 0 Å². The summed E-state index contributed by atoms with van der Waals surface area (Å²) in [4.78, 5) is 63.3. The lowest BCUT2D eigenvalue weighted by Crippen LogP contribution is -2.31. The molecule has 0 rings (SSSR count). The van der Waals surface area contributed by atoms with Gasteiger partial charge in [0.25, 0.3) is 0 Å². The highest BCUT2D eigenvalue weighted by atomic mass is 16.5. The number of carbonyl (C=O) groups excluding carboxylic acids is 5. The number of nitrogens with one attached hydrogen (secondary N) is 3. The summed E-state index contributed by atoms with van der Waals surface area (Å²) >= 11 is 0. The summed E-state index contributed by atoms with van der Waals surface area (Å²) in [7, 11) is 0. The Morgan fingerprint density at radius 1 is 0.299 bits per heavy atom. The molecule has 1 unspecified atom stereocenters. The molecule has 0 aliphatic heterocycles. The highest BCUT2D eigenvalue weighted by Gasteiger charge is 2.22. The van der Waals surface area contributed by atoms with Crippen LogP contribution in [0.4, 0.5) is 0 Å². The summed E-state index contributed by atoms with van der Waals surface area (Å²) in [6.07, 6.45) is 59.3. The van der Waals surface area contributed by atoms with E-state index >= 15 is 0 Å². The van der Waals surface area contributed by atoms with Crippen molar-refractivity contribution >= 4 is 29.7 Å². The van der Waals surface area contributed by atoms with E-state index in [9.17, 15) is 24.0 Å². The van der Waals surface area contributed by atoms with Gasteiger partial charge in [0.05, 0.1) is 32.2 Å². The van der Waals surface area contributed by atoms with E-state index in [-0.39, 0.29) is 70.1 Å². The average molecular weight is 1090 g/mol. The second kappa shape index (κ2) is 62.5. The molecular weight excluding hydrogens is 963 g/mol. The Bertz CT molecular complexity index is 1300. The number of esters is 2. The van der Waals surface area contributed by atoms with E-state index in [1.165, 1.54) is 238 Å². The van der Waals surface area contributed by atoms with Gasteiger partial charge in [-0.05, 0) is 25.7 Å². The monoisotopic (exact) mass is 1090 g/mol. The Morgan fingerprint density at radius 3 is 0.831 bits per heavy atom. The van der Waals surface area contributed by atoms with Crippen molar-refractivity contribution in [1.29, 1.82) is 0 Å². The van der Waals surface area contributed by atoms with Gasteiger partial charge >= 0.3 is 11.9 Å². The molecule has 77 heavy (non-hydrogen) atoms. The summed E-state index contributed by atoms with van der Waals surface area (Å²) in [6.45, 7) is 7.95. The number of amides is 3. The molecule has 3 amide bonds. The van der Waals surface area contributed by atoms with Crippen molar-refractivity contribution < 1.29 is 38.2 Å². The number of ether oxygens (including phenoxy) is 3. The molecule has 11 heteroatoms. The number of unbranched alkanes of at least 4 members (excludes halogenated alkanes) is 42. The Hall–Kier alpha value is -2.69. The van der Waals surface area contributed by atoms with Crippen LogP contribution in [0.2, 0.25) is 0 Å². The molecule has 0 saturated carbocycles. The Morgan fingerprint density at radius 2 is 0.545 bits per heavy atom. The molecule has 0 saturated heterocycles. The first-order valence-corrected chi connectivity index (χ1v) is 33.5. The fraction of sp³-hybridized carbons (Fsp3) is 0.924. The molecule has 0 heterocycles. The summed E-state index contributed by atoms with van der Waals surface area (Å²) in [5.74, 6) is -1.75. The largest absolute Gasteiger partial charge is 0.464 e. The van der Waals surface area contributed by atoms with Crippen molar-refractivity contribution in [2.45, 2.75) is 342 Å². The lowest BCUT2D eigenvalue weighted by Gasteiger charge is -2.17. The quantitative estimate of drug-likeness (QED) is 0.0403. The Balaban J connectivity index is 4.42. The van der Waals surface area contributed by atoms with Gasteiger partial charge in [-0.3, -0.25) is 24.0 Å². The molecule has 11 nitrogen and oxygen atoms in total. The van der Waals surface area contributed by atoms with Crippen molar-refractivity contribution in [1.82, 2.24) is 16.0 Å². The minimum atomic E-state index is -0.718. The average Bonchev–Trinajstić information content (AvgIpc) is 3.42. The maximum atomic E-state index is 13.2. The van der Waals surface area contributed by atoms with E-state index in [4.69, 9.17) is 14.2 Å². The lowest BCUT2D eigenvalue weighted by atomic mass is 10.0. The minimum Gasteiger partial charge on any atom is -0.464 e. The first kappa shape index (κ1) is 74.3. The zero-order valence-corrected chi connectivity index (χ0v) is 51.1. The highest BCUT2D eigenvalue weighted by molar-refractivity contribution is 5.77. The molecule has 0 fully saturated rings. The molecule has 0 aliphatic carbocycles. The number of rotatable bonds is 63. The topological polar surface area (TPSA) is 149 Å². The molecule has 0 bridgehead atoms. The van der Waals surface area contributed by atoms with Crippen LogP contribution in [0.5, 0.6) is 0 Å². The maximum Gasteiger partial charge on any atom is 0.311 e. The van der Waals surface area contributed by atoms with Crippen LogP contribution in [0.3, 0.4) is 0 Å². The van der Waals surface area contributed by atoms with Crippen LogP contribution in [-0.2, 0) is 38.2 Å². The molecule has 1 atom stereocenters. The molecule has 0 aromatic rings. The van der Waals surface area contributed by atoms with Crippen LogP contribution in [0.1, 0.15) is 342 Å². The van der Waals surface area contributed by atoms with Crippen molar-refractivity contribution in [2.75, 3.05) is 46.1 Å². The summed E-state index contributed by atoms with van der Waals surface area (Å²) in [6, 6.07) is 0. The van der Waals surface area contributed by atoms with E-state index in [1.807, 2.05) is 0 Å². The van der Waals surface area contributed by atoms with E-state index < -0.39 is 17.9 Å².